The Balaban J connectivity index is 1.74. The van der Waals surface area contributed by atoms with E-state index in [1.807, 2.05) is 12.1 Å². The van der Waals surface area contributed by atoms with Crippen molar-refractivity contribution in [3.8, 4) is 0 Å². The predicted molar refractivity (Wildman–Crippen MR) is 100 cm³/mol. The molecule has 0 N–H and O–H groups in total. The zero-order valence-electron chi connectivity index (χ0n) is 12.6. The van der Waals surface area contributed by atoms with Gasteiger partial charge in [0.25, 0.3) is 5.69 Å². The first-order valence-corrected chi connectivity index (χ1v) is 9.52. The number of hydrogen-bond donors (Lipinski definition) is 0. The Morgan fingerprint density at radius 1 is 1.24 bits per heavy atom. The summed E-state index contributed by atoms with van der Waals surface area (Å²) < 4.78 is 0.912. The molecule has 2 heterocycles. The molecule has 0 saturated carbocycles. The van der Waals surface area contributed by atoms with Crippen molar-refractivity contribution in [1.29, 1.82) is 0 Å². The lowest BCUT2D eigenvalue weighted by molar-refractivity contribution is -0.384. The van der Waals surface area contributed by atoms with E-state index >= 15 is 0 Å². The maximum absolute atomic E-state index is 12.4. The second kappa shape index (κ2) is 6.29. The molecule has 0 bridgehead atoms. The van der Waals surface area contributed by atoms with E-state index in [0.29, 0.717) is 21.4 Å². The Labute approximate surface area is 155 Å². The van der Waals surface area contributed by atoms with E-state index in [-0.39, 0.29) is 17.0 Å². The van der Waals surface area contributed by atoms with Gasteiger partial charge in [-0.2, -0.15) is 0 Å². The number of hydrogen-bond acceptors (Lipinski definition) is 6. The third-order valence-corrected chi connectivity index (χ3v) is 6.36. The topological polar surface area (TPSA) is 76.3 Å². The van der Waals surface area contributed by atoms with Crippen LogP contribution in [0, 0.1) is 10.1 Å². The number of thiazole rings is 1. The number of anilines is 1. The number of halogens is 1. The van der Waals surface area contributed by atoms with E-state index in [1.54, 1.807) is 23.1 Å². The smallest absolute Gasteiger partial charge is 0.269 e. The minimum absolute atomic E-state index is 0.0244. The molecule has 0 radical (unpaired) electrons. The molecule has 1 atom stereocenters. The average molecular weight is 392 g/mol. The zero-order chi connectivity index (χ0) is 17.6. The van der Waals surface area contributed by atoms with Gasteiger partial charge < -0.3 is 0 Å². The Morgan fingerprint density at radius 3 is 2.68 bits per heavy atom. The highest BCUT2D eigenvalue weighted by atomic mass is 35.5. The van der Waals surface area contributed by atoms with Crippen LogP contribution < -0.4 is 4.90 Å². The third kappa shape index (κ3) is 2.86. The summed E-state index contributed by atoms with van der Waals surface area (Å²) in [5, 5.41) is 11.7. The summed E-state index contributed by atoms with van der Waals surface area (Å²) in [6.07, 6.45) is 0. The number of carbonyl (C=O) groups excluding carboxylic acids is 1. The lowest BCUT2D eigenvalue weighted by Gasteiger charge is -2.21. The summed E-state index contributed by atoms with van der Waals surface area (Å²) >= 11 is 9.07. The number of carbonyl (C=O) groups is 1. The van der Waals surface area contributed by atoms with Crippen LogP contribution in [0.4, 0.5) is 10.8 Å². The van der Waals surface area contributed by atoms with Gasteiger partial charge in [-0.15, -0.1) is 11.8 Å². The van der Waals surface area contributed by atoms with E-state index in [9.17, 15) is 14.9 Å². The molecule has 9 heteroatoms. The van der Waals surface area contributed by atoms with Crippen LogP contribution in [0.5, 0.6) is 0 Å². The van der Waals surface area contributed by atoms with Crippen molar-refractivity contribution in [3.05, 3.63) is 63.2 Å². The Kier molecular flexibility index (Phi) is 4.10. The molecule has 1 aliphatic heterocycles. The fraction of sp³-hybridized carbons (Fsp3) is 0.125. The van der Waals surface area contributed by atoms with E-state index in [1.165, 1.54) is 35.2 Å². The van der Waals surface area contributed by atoms with E-state index < -0.39 is 4.92 Å². The molecule has 6 nitrogen and oxygen atoms in total. The van der Waals surface area contributed by atoms with Crippen molar-refractivity contribution < 1.29 is 9.72 Å². The van der Waals surface area contributed by atoms with Crippen molar-refractivity contribution in [2.24, 2.45) is 0 Å². The monoisotopic (exact) mass is 391 g/mol. The fourth-order valence-electron chi connectivity index (χ4n) is 2.64. The molecule has 3 aromatic rings. The Hall–Kier alpha value is -2.16. The van der Waals surface area contributed by atoms with Crippen LogP contribution in [-0.2, 0) is 4.79 Å². The second-order valence-electron chi connectivity index (χ2n) is 5.36. The number of para-hydroxylation sites is 1. The quantitative estimate of drug-likeness (QED) is 0.480. The number of amides is 1. The number of fused-ring (bicyclic) bond motifs is 1. The largest absolute Gasteiger partial charge is 0.273 e. The van der Waals surface area contributed by atoms with Crippen LogP contribution in [0.1, 0.15) is 10.9 Å². The molecular formula is C16H10ClN3O3S2. The molecule has 4 rings (SSSR count). The van der Waals surface area contributed by atoms with Crippen LogP contribution in [0.25, 0.3) is 10.2 Å². The summed E-state index contributed by atoms with van der Waals surface area (Å²) in [5.41, 5.74) is 1.53. The van der Waals surface area contributed by atoms with E-state index in [2.05, 4.69) is 4.98 Å². The van der Waals surface area contributed by atoms with Gasteiger partial charge in [-0.3, -0.25) is 19.8 Å². The molecule has 1 fully saturated rings. The molecule has 126 valence electrons. The number of nitro benzene ring substituents is 1. The lowest BCUT2D eigenvalue weighted by atomic mass is 10.2. The van der Waals surface area contributed by atoms with Gasteiger partial charge in [0.15, 0.2) is 5.13 Å². The van der Waals surface area contributed by atoms with Crippen molar-refractivity contribution in [2.75, 3.05) is 10.7 Å². The molecule has 1 saturated heterocycles. The van der Waals surface area contributed by atoms with Crippen LogP contribution in [0.3, 0.4) is 0 Å². The van der Waals surface area contributed by atoms with Crippen molar-refractivity contribution in [1.82, 2.24) is 4.98 Å². The average Bonchev–Trinajstić information content (AvgIpc) is 3.19. The number of aromatic nitrogens is 1. The third-order valence-electron chi connectivity index (χ3n) is 3.82. The van der Waals surface area contributed by atoms with Gasteiger partial charge in [0.2, 0.25) is 5.91 Å². The van der Waals surface area contributed by atoms with Crippen LogP contribution in [0.2, 0.25) is 5.02 Å². The molecule has 0 spiro atoms. The number of nitro groups is 1. The fourth-order valence-corrected chi connectivity index (χ4v) is 5.18. The second-order valence-corrected chi connectivity index (χ2v) is 7.84. The summed E-state index contributed by atoms with van der Waals surface area (Å²) in [6, 6.07) is 11.8. The minimum atomic E-state index is -0.440. The highest BCUT2D eigenvalue weighted by molar-refractivity contribution is 8.00. The van der Waals surface area contributed by atoms with Gasteiger partial charge >= 0.3 is 0 Å². The highest BCUT2D eigenvalue weighted by Gasteiger charge is 2.36. The number of thioether (sulfide) groups is 1. The zero-order valence-corrected chi connectivity index (χ0v) is 15.0. The summed E-state index contributed by atoms with van der Waals surface area (Å²) in [7, 11) is 0. The molecule has 25 heavy (non-hydrogen) atoms. The Bertz CT molecular complexity index is 990. The van der Waals surface area contributed by atoms with Crippen LogP contribution in [-0.4, -0.2) is 21.6 Å². The molecule has 1 unspecified atom stereocenters. The van der Waals surface area contributed by atoms with Gasteiger partial charge in [0.1, 0.15) is 10.9 Å². The first-order valence-electron chi connectivity index (χ1n) is 7.27. The maximum atomic E-state index is 12.4. The van der Waals surface area contributed by atoms with Crippen molar-refractivity contribution >= 4 is 61.6 Å². The summed E-state index contributed by atoms with van der Waals surface area (Å²) in [6.45, 7) is 0. The van der Waals surface area contributed by atoms with Gasteiger partial charge in [-0.05, 0) is 29.8 Å². The number of non-ortho nitro benzene ring substituents is 1. The van der Waals surface area contributed by atoms with Gasteiger partial charge in [0, 0.05) is 12.1 Å². The number of rotatable bonds is 3. The summed E-state index contributed by atoms with van der Waals surface area (Å²) in [5.74, 6) is 0.300. The molecule has 1 amide bonds. The summed E-state index contributed by atoms with van der Waals surface area (Å²) in [4.78, 5) is 29.0. The van der Waals surface area contributed by atoms with Crippen molar-refractivity contribution in [2.45, 2.75) is 5.37 Å². The van der Waals surface area contributed by atoms with Crippen molar-refractivity contribution in [3.63, 3.8) is 0 Å². The van der Waals surface area contributed by atoms with Crippen LogP contribution in [0.15, 0.2) is 42.5 Å². The predicted octanol–water partition coefficient (Wildman–Crippen LogP) is 4.64. The van der Waals surface area contributed by atoms with Gasteiger partial charge in [-0.25, -0.2) is 4.98 Å². The molecule has 2 aromatic carbocycles. The maximum Gasteiger partial charge on any atom is 0.269 e. The highest BCUT2D eigenvalue weighted by Crippen LogP contribution is 2.44. The van der Waals surface area contributed by atoms with Gasteiger partial charge in [-0.1, -0.05) is 29.0 Å². The van der Waals surface area contributed by atoms with E-state index in [4.69, 9.17) is 11.6 Å². The first kappa shape index (κ1) is 16.3. The normalized spacial score (nSPS) is 17.4. The molecule has 0 aliphatic carbocycles. The molecule has 1 aliphatic rings. The SMILES string of the molecule is O=C1CSC(c2ccc([N+](=O)[O-])cc2)N1c1nc2c(Cl)cccc2s1. The van der Waals surface area contributed by atoms with E-state index in [0.717, 1.165) is 10.3 Å². The molecule has 1 aromatic heterocycles. The first-order chi connectivity index (χ1) is 12.0. The number of benzene rings is 2. The minimum Gasteiger partial charge on any atom is -0.273 e. The molecular weight excluding hydrogens is 382 g/mol. The van der Waals surface area contributed by atoms with Crippen LogP contribution >= 0.6 is 34.7 Å². The van der Waals surface area contributed by atoms with Gasteiger partial charge in [0.05, 0.1) is 20.4 Å². The Morgan fingerprint density at radius 2 is 2.00 bits per heavy atom. The number of nitrogens with zero attached hydrogens (tertiary/aromatic N) is 3. The lowest BCUT2D eigenvalue weighted by Crippen LogP contribution is -2.27. The standard InChI is InChI=1S/C16H10ClN3O3S2/c17-11-2-1-3-12-14(11)18-16(25-12)19-13(21)8-24-15(19)9-4-6-10(7-5-9)20(22)23/h1-7,15H,8H2.